The molecule has 0 saturated carbocycles. The van der Waals surface area contributed by atoms with Gasteiger partial charge in [-0.25, -0.2) is 0 Å². The van der Waals surface area contributed by atoms with Gasteiger partial charge in [-0.2, -0.15) is 0 Å². The summed E-state index contributed by atoms with van der Waals surface area (Å²) in [5.41, 5.74) is 1.48. The number of aryl methyl sites for hydroxylation is 1. The Bertz CT molecular complexity index is 1310. The lowest BCUT2D eigenvalue weighted by atomic mass is 9.97. The second kappa shape index (κ2) is 8.78. The van der Waals surface area contributed by atoms with Crippen molar-refractivity contribution in [3.05, 3.63) is 72.3 Å². The van der Waals surface area contributed by atoms with Gasteiger partial charge in [-0.15, -0.1) is 11.3 Å². The maximum Gasteiger partial charge on any atom is 0.0434 e. The third-order valence-electron chi connectivity index (χ3n) is 6.49. The number of hydrogen-bond donors (Lipinski definition) is 0. The first-order valence-electron chi connectivity index (χ1n) is 11.6. The minimum Gasteiger partial charge on any atom is -0.135 e. The fourth-order valence-electron chi connectivity index (χ4n) is 4.82. The summed E-state index contributed by atoms with van der Waals surface area (Å²) in [6.45, 7) is 2.29. The van der Waals surface area contributed by atoms with Crippen molar-refractivity contribution in [2.45, 2.75) is 58.3 Å². The van der Waals surface area contributed by atoms with Gasteiger partial charge in [0.2, 0.25) is 0 Å². The van der Waals surface area contributed by atoms with E-state index in [0.717, 1.165) is 0 Å². The van der Waals surface area contributed by atoms with Crippen LogP contribution in [0.2, 0.25) is 0 Å². The molecule has 0 amide bonds. The second-order valence-electron chi connectivity index (χ2n) is 8.63. The lowest BCUT2D eigenvalue weighted by molar-refractivity contribution is 0.589. The molecule has 0 aliphatic heterocycles. The molecule has 1 heteroatoms. The molecule has 0 aliphatic carbocycles. The monoisotopic (exact) mass is 410 g/mol. The topological polar surface area (TPSA) is 0 Å². The third-order valence-corrected chi connectivity index (χ3v) is 7.71. The van der Waals surface area contributed by atoms with Gasteiger partial charge in [0.05, 0.1) is 0 Å². The molecule has 30 heavy (non-hydrogen) atoms. The highest BCUT2D eigenvalue weighted by molar-refractivity contribution is 7.26. The molecule has 152 valence electrons. The molecular formula is C29H30S. The van der Waals surface area contributed by atoms with Crippen molar-refractivity contribution in [1.29, 1.82) is 0 Å². The van der Waals surface area contributed by atoms with Crippen molar-refractivity contribution < 1.29 is 0 Å². The zero-order chi connectivity index (χ0) is 20.3. The van der Waals surface area contributed by atoms with Crippen LogP contribution in [-0.2, 0) is 6.42 Å². The Morgan fingerprint density at radius 2 is 1.30 bits per heavy atom. The van der Waals surface area contributed by atoms with Crippen molar-refractivity contribution in [3.8, 4) is 0 Å². The molecule has 0 saturated heterocycles. The lowest BCUT2D eigenvalue weighted by Crippen LogP contribution is -1.87. The summed E-state index contributed by atoms with van der Waals surface area (Å²) in [5, 5.41) is 8.30. The molecule has 0 fully saturated rings. The predicted molar refractivity (Wildman–Crippen MR) is 136 cm³/mol. The first kappa shape index (κ1) is 19.6. The highest BCUT2D eigenvalue weighted by Gasteiger charge is 2.10. The molecule has 5 rings (SSSR count). The molecule has 0 atom stereocenters. The Morgan fingerprint density at radius 1 is 0.600 bits per heavy atom. The summed E-state index contributed by atoms with van der Waals surface area (Å²) in [6, 6.07) is 25.2. The molecular weight excluding hydrogens is 380 g/mol. The van der Waals surface area contributed by atoms with E-state index in [-0.39, 0.29) is 0 Å². The molecule has 0 radical (unpaired) electrons. The van der Waals surface area contributed by atoms with E-state index < -0.39 is 0 Å². The van der Waals surface area contributed by atoms with Crippen LogP contribution in [0.1, 0.15) is 57.4 Å². The standard InChI is InChI=1S/C29H30S/c1-2-3-4-5-6-7-8-11-21-14-16-23-22(20-21)15-17-26-24(23)18-19-27-25-12-9-10-13-28(25)30-29(26)27/h9-10,12-20H,2-8,11H2,1H3. The Labute approximate surface area is 183 Å². The van der Waals surface area contributed by atoms with E-state index in [1.54, 1.807) is 0 Å². The molecule has 0 bridgehead atoms. The van der Waals surface area contributed by atoms with E-state index in [4.69, 9.17) is 0 Å². The van der Waals surface area contributed by atoms with Crippen LogP contribution in [0.5, 0.6) is 0 Å². The van der Waals surface area contributed by atoms with Gasteiger partial charge in [0.1, 0.15) is 0 Å². The lowest BCUT2D eigenvalue weighted by Gasteiger charge is -2.08. The predicted octanol–water partition coefficient (Wildman–Crippen LogP) is 9.65. The average molecular weight is 411 g/mol. The summed E-state index contributed by atoms with van der Waals surface area (Å²) in [4.78, 5) is 0. The zero-order valence-corrected chi connectivity index (χ0v) is 18.7. The van der Waals surface area contributed by atoms with Gasteiger partial charge in [0, 0.05) is 25.6 Å². The van der Waals surface area contributed by atoms with E-state index in [1.165, 1.54) is 98.6 Å². The quantitative estimate of drug-likeness (QED) is 0.176. The molecule has 0 spiro atoms. The summed E-state index contributed by atoms with van der Waals surface area (Å²) in [5.74, 6) is 0. The van der Waals surface area contributed by atoms with Gasteiger partial charge in [-0.3, -0.25) is 0 Å². The van der Waals surface area contributed by atoms with Crippen LogP contribution < -0.4 is 0 Å². The molecule has 0 nitrogen and oxygen atoms in total. The van der Waals surface area contributed by atoms with Crippen LogP contribution in [0.15, 0.2) is 66.7 Å². The Balaban J connectivity index is 1.41. The fourth-order valence-corrected chi connectivity index (χ4v) is 6.05. The maximum absolute atomic E-state index is 2.42. The van der Waals surface area contributed by atoms with Crippen molar-refractivity contribution in [2.24, 2.45) is 0 Å². The molecule has 5 aromatic rings. The third kappa shape index (κ3) is 3.72. The molecule has 0 aliphatic rings. The normalized spacial score (nSPS) is 11.9. The number of rotatable bonds is 8. The average Bonchev–Trinajstić information content (AvgIpc) is 3.17. The number of unbranched alkanes of at least 4 members (excludes halogenated alkanes) is 6. The summed E-state index contributed by atoms with van der Waals surface area (Å²) < 4.78 is 2.80. The number of thiophene rings is 1. The van der Waals surface area contributed by atoms with E-state index in [1.807, 2.05) is 11.3 Å². The van der Waals surface area contributed by atoms with Crippen LogP contribution in [0.25, 0.3) is 41.7 Å². The largest absolute Gasteiger partial charge is 0.135 e. The summed E-state index contributed by atoms with van der Waals surface area (Å²) >= 11 is 1.92. The molecule has 0 unspecified atom stereocenters. The van der Waals surface area contributed by atoms with Crippen LogP contribution in [0.3, 0.4) is 0 Å². The minimum atomic E-state index is 1.21. The second-order valence-corrected chi connectivity index (χ2v) is 9.68. The van der Waals surface area contributed by atoms with Crippen molar-refractivity contribution in [1.82, 2.24) is 0 Å². The van der Waals surface area contributed by atoms with Gasteiger partial charge in [-0.05, 0) is 40.6 Å². The van der Waals surface area contributed by atoms with Gasteiger partial charge in [0.25, 0.3) is 0 Å². The molecule has 4 aromatic carbocycles. The van der Waals surface area contributed by atoms with Gasteiger partial charge >= 0.3 is 0 Å². The summed E-state index contributed by atoms with van der Waals surface area (Å²) in [6.07, 6.45) is 10.8. The molecule has 0 N–H and O–H groups in total. The van der Waals surface area contributed by atoms with Crippen molar-refractivity contribution >= 4 is 53.1 Å². The van der Waals surface area contributed by atoms with E-state index >= 15 is 0 Å². The Morgan fingerprint density at radius 3 is 2.20 bits per heavy atom. The minimum absolute atomic E-state index is 1.21. The highest BCUT2D eigenvalue weighted by atomic mass is 32.1. The number of hydrogen-bond acceptors (Lipinski definition) is 1. The van der Waals surface area contributed by atoms with Gasteiger partial charge in [0.15, 0.2) is 0 Å². The SMILES string of the molecule is CCCCCCCCCc1ccc2c(ccc3c2ccc2c4ccccc4sc23)c1. The van der Waals surface area contributed by atoms with Gasteiger partial charge < -0.3 is 0 Å². The smallest absolute Gasteiger partial charge is 0.0434 e. The van der Waals surface area contributed by atoms with E-state index in [9.17, 15) is 0 Å². The highest BCUT2D eigenvalue weighted by Crippen LogP contribution is 2.40. The Kier molecular flexibility index (Phi) is 5.73. The number of fused-ring (bicyclic) bond motifs is 7. The van der Waals surface area contributed by atoms with Crippen molar-refractivity contribution in [3.63, 3.8) is 0 Å². The van der Waals surface area contributed by atoms with Crippen LogP contribution in [-0.4, -0.2) is 0 Å². The molecule has 1 aromatic heterocycles. The van der Waals surface area contributed by atoms with Crippen molar-refractivity contribution in [2.75, 3.05) is 0 Å². The first-order chi connectivity index (χ1) is 14.8. The Hall–Kier alpha value is -2.38. The number of benzene rings is 4. The van der Waals surface area contributed by atoms with E-state index in [2.05, 4.69) is 73.7 Å². The van der Waals surface area contributed by atoms with Gasteiger partial charge in [-0.1, -0.05) is 106 Å². The summed E-state index contributed by atoms with van der Waals surface area (Å²) in [7, 11) is 0. The molecule has 1 heterocycles. The first-order valence-corrected chi connectivity index (χ1v) is 12.4. The van der Waals surface area contributed by atoms with Crippen LogP contribution >= 0.6 is 11.3 Å². The zero-order valence-electron chi connectivity index (χ0n) is 17.9. The van der Waals surface area contributed by atoms with Crippen LogP contribution in [0, 0.1) is 0 Å². The maximum atomic E-state index is 2.42. The van der Waals surface area contributed by atoms with E-state index in [0.29, 0.717) is 0 Å². The fraction of sp³-hybridized carbons (Fsp3) is 0.310. The van der Waals surface area contributed by atoms with Crippen LogP contribution in [0.4, 0.5) is 0 Å².